The molecule has 7 nitrogen and oxygen atoms in total. The van der Waals surface area contributed by atoms with Gasteiger partial charge in [0, 0.05) is 25.3 Å². The van der Waals surface area contributed by atoms with Gasteiger partial charge >= 0.3 is 0 Å². The van der Waals surface area contributed by atoms with E-state index in [-0.39, 0.29) is 11.8 Å². The van der Waals surface area contributed by atoms with Crippen LogP contribution in [-0.4, -0.2) is 43.6 Å². The van der Waals surface area contributed by atoms with E-state index < -0.39 is 6.10 Å². The van der Waals surface area contributed by atoms with Crippen LogP contribution in [0.15, 0.2) is 36.4 Å². The number of carbonyl (C=O) groups excluding carboxylic acids is 2. The van der Waals surface area contributed by atoms with Crippen molar-refractivity contribution in [3.63, 3.8) is 0 Å². The number of nitrogens with zero attached hydrogens (tertiary/aromatic N) is 1. The molecule has 2 aromatic carbocycles. The van der Waals surface area contributed by atoms with Crippen LogP contribution in [0.5, 0.6) is 11.5 Å². The van der Waals surface area contributed by atoms with E-state index in [2.05, 4.69) is 5.32 Å². The minimum Gasteiger partial charge on any atom is -0.493 e. The fourth-order valence-corrected chi connectivity index (χ4v) is 3.84. The normalized spacial score (nSPS) is 17.7. The van der Waals surface area contributed by atoms with E-state index in [0.29, 0.717) is 48.9 Å². The Morgan fingerprint density at radius 3 is 2.41 bits per heavy atom. The second kappa shape index (κ2) is 8.13. The van der Waals surface area contributed by atoms with Crippen LogP contribution in [0.25, 0.3) is 0 Å². The Morgan fingerprint density at radius 2 is 1.83 bits per heavy atom. The molecule has 1 N–H and O–H groups in total. The Balaban J connectivity index is 1.61. The average molecular weight is 396 g/mol. The fraction of sp³-hybridized carbons (Fsp3) is 0.364. The molecule has 0 saturated carbocycles. The third-order valence-corrected chi connectivity index (χ3v) is 5.33. The summed E-state index contributed by atoms with van der Waals surface area (Å²) in [5, 5.41) is 2.84. The van der Waals surface area contributed by atoms with Gasteiger partial charge in [0.2, 0.25) is 0 Å². The number of hydrogen-bond donors (Lipinski definition) is 1. The molecule has 1 saturated heterocycles. The van der Waals surface area contributed by atoms with E-state index in [4.69, 9.17) is 14.2 Å². The molecule has 0 unspecified atom stereocenters. The zero-order valence-corrected chi connectivity index (χ0v) is 16.6. The number of benzene rings is 2. The summed E-state index contributed by atoms with van der Waals surface area (Å²) in [6.07, 6.45) is 1.04. The Kier molecular flexibility index (Phi) is 5.40. The van der Waals surface area contributed by atoms with Crippen LogP contribution >= 0.6 is 0 Å². The van der Waals surface area contributed by atoms with Gasteiger partial charge in [0.1, 0.15) is 6.10 Å². The zero-order chi connectivity index (χ0) is 20.4. The first kappa shape index (κ1) is 19.3. The number of nitrogens with one attached hydrogen (secondary N) is 1. The smallest absolute Gasteiger partial charge is 0.254 e. The molecule has 29 heavy (non-hydrogen) atoms. The van der Waals surface area contributed by atoms with Gasteiger partial charge in [0.05, 0.1) is 19.9 Å². The van der Waals surface area contributed by atoms with E-state index in [0.717, 1.165) is 17.5 Å². The number of anilines is 1. The van der Waals surface area contributed by atoms with Gasteiger partial charge in [-0.3, -0.25) is 9.59 Å². The lowest BCUT2D eigenvalue weighted by Crippen LogP contribution is -2.28. The second-order valence-corrected chi connectivity index (χ2v) is 7.18. The summed E-state index contributed by atoms with van der Waals surface area (Å²) in [7, 11) is 3.00. The van der Waals surface area contributed by atoms with Crippen LogP contribution in [0.3, 0.4) is 0 Å². The summed E-state index contributed by atoms with van der Waals surface area (Å²) in [5.74, 6) is 0.383. The van der Waals surface area contributed by atoms with Crippen molar-refractivity contribution in [2.45, 2.75) is 32.0 Å². The highest BCUT2D eigenvalue weighted by molar-refractivity contribution is 6.00. The van der Waals surface area contributed by atoms with Crippen molar-refractivity contribution in [3.05, 3.63) is 53.1 Å². The van der Waals surface area contributed by atoms with Crippen LogP contribution in [-0.2, 0) is 22.6 Å². The number of ether oxygens (including phenoxy) is 3. The molecule has 4 rings (SSSR count). The van der Waals surface area contributed by atoms with Crippen molar-refractivity contribution in [2.75, 3.05) is 26.1 Å². The van der Waals surface area contributed by atoms with E-state index in [1.807, 2.05) is 24.3 Å². The molecule has 2 heterocycles. The maximum absolute atomic E-state index is 13.2. The minimum absolute atomic E-state index is 0.130. The van der Waals surface area contributed by atoms with Crippen molar-refractivity contribution in [2.24, 2.45) is 0 Å². The predicted octanol–water partition coefficient (Wildman–Crippen LogP) is 2.98. The van der Waals surface area contributed by atoms with Gasteiger partial charge in [0.15, 0.2) is 11.5 Å². The van der Waals surface area contributed by atoms with E-state index in [1.54, 1.807) is 17.0 Å². The van der Waals surface area contributed by atoms with E-state index >= 15 is 0 Å². The molecule has 0 aliphatic carbocycles. The molecule has 1 atom stereocenters. The number of carbonyl (C=O) groups is 2. The molecule has 2 aliphatic heterocycles. The molecule has 0 aromatic heterocycles. The fourth-order valence-electron chi connectivity index (χ4n) is 3.84. The zero-order valence-electron chi connectivity index (χ0n) is 16.6. The lowest BCUT2D eigenvalue weighted by Gasteiger charge is -2.20. The molecule has 2 aromatic rings. The Morgan fingerprint density at radius 1 is 1.10 bits per heavy atom. The molecular weight excluding hydrogens is 372 g/mol. The maximum Gasteiger partial charge on any atom is 0.254 e. The molecule has 152 valence electrons. The lowest BCUT2D eigenvalue weighted by molar-refractivity contribution is -0.124. The molecule has 2 amide bonds. The summed E-state index contributed by atoms with van der Waals surface area (Å²) in [5.41, 5.74) is 3.12. The van der Waals surface area contributed by atoms with Gasteiger partial charge in [-0.15, -0.1) is 0 Å². The molecule has 0 radical (unpaired) electrons. The van der Waals surface area contributed by atoms with Gasteiger partial charge in [-0.05, 0) is 36.1 Å². The number of fused-ring (bicyclic) bond motifs is 1. The SMILES string of the molecule is COc1cc(C(=O)N2Cc3ccccc3C2)cc(NC(=O)[C@H]2CCCO2)c1OC. The first-order valence-corrected chi connectivity index (χ1v) is 9.65. The van der Waals surface area contributed by atoms with Crippen LogP contribution < -0.4 is 14.8 Å². The monoisotopic (exact) mass is 396 g/mol. The van der Waals surface area contributed by atoms with Crippen LogP contribution in [0.1, 0.15) is 34.3 Å². The van der Waals surface area contributed by atoms with Crippen LogP contribution in [0, 0.1) is 0 Å². The van der Waals surface area contributed by atoms with Crippen molar-refractivity contribution in [1.29, 1.82) is 0 Å². The van der Waals surface area contributed by atoms with Crippen molar-refractivity contribution >= 4 is 17.5 Å². The Hall–Kier alpha value is -3.06. The highest BCUT2D eigenvalue weighted by Crippen LogP contribution is 2.38. The number of rotatable bonds is 5. The third-order valence-electron chi connectivity index (χ3n) is 5.33. The Labute approximate surface area is 169 Å². The van der Waals surface area contributed by atoms with Gasteiger partial charge < -0.3 is 24.4 Å². The summed E-state index contributed by atoms with van der Waals surface area (Å²) in [6, 6.07) is 11.3. The van der Waals surface area contributed by atoms with Gasteiger partial charge in [-0.25, -0.2) is 0 Å². The highest BCUT2D eigenvalue weighted by Gasteiger charge is 2.28. The van der Waals surface area contributed by atoms with E-state index in [1.165, 1.54) is 14.2 Å². The van der Waals surface area contributed by atoms with Crippen LogP contribution in [0.4, 0.5) is 5.69 Å². The number of amides is 2. The molecular formula is C22H24N2O5. The molecule has 7 heteroatoms. The number of methoxy groups -OCH3 is 2. The first-order valence-electron chi connectivity index (χ1n) is 9.65. The summed E-state index contributed by atoms with van der Waals surface area (Å²) in [6.45, 7) is 1.69. The maximum atomic E-state index is 13.2. The summed E-state index contributed by atoms with van der Waals surface area (Å²) >= 11 is 0. The topological polar surface area (TPSA) is 77.1 Å². The van der Waals surface area contributed by atoms with Crippen molar-refractivity contribution < 1.29 is 23.8 Å². The molecule has 2 aliphatic rings. The second-order valence-electron chi connectivity index (χ2n) is 7.18. The van der Waals surface area contributed by atoms with Gasteiger partial charge in [0.25, 0.3) is 11.8 Å². The molecule has 1 fully saturated rings. The first-order chi connectivity index (χ1) is 14.1. The molecule has 0 spiro atoms. The quantitative estimate of drug-likeness (QED) is 0.841. The largest absolute Gasteiger partial charge is 0.493 e. The third kappa shape index (κ3) is 3.78. The van der Waals surface area contributed by atoms with Crippen LogP contribution in [0.2, 0.25) is 0 Å². The molecule has 0 bridgehead atoms. The summed E-state index contributed by atoms with van der Waals surface area (Å²) in [4.78, 5) is 27.5. The highest BCUT2D eigenvalue weighted by atomic mass is 16.5. The Bertz CT molecular complexity index is 912. The predicted molar refractivity (Wildman–Crippen MR) is 107 cm³/mol. The minimum atomic E-state index is -0.488. The lowest BCUT2D eigenvalue weighted by atomic mass is 10.1. The average Bonchev–Trinajstić information content (AvgIpc) is 3.42. The van der Waals surface area contributed by atoms with Gasteiger partial charge in [-0.1, -0.05) is 24.3 Å². The van der Waals surface area contributed by atoms with Gasteiger partial charge in [-0.2, -0.15) is 0 Å². The van der Waals surface area contributed by atoms with E-state index in [9.17, 15) is 9.59 Å². The van der Waals surface area contributed by atoms with Crippen molar-refractivity contribution in [1.82, 2.24) is 4.90 Å². The number of hydrogen-bond acceptors (Lipinski definition) is 5. The standard InChI is InChI=1S/C22H24N2O5/c1-27-19-11-16(22(26)24-12-14-6-3-4-7-15(14)13-24)10-17(20(19)28-2)23-21(25)18-8-5-9-29-18/h3-4,6-7,10-11,18H,5,8-9,12-13H2,1-2H3,(H,23,25)/t18-/m1/s1. The summed E-state index contributed by atoms with van der Waals surface area (Å²) < 4.78 is 16.3. The van der Waals surface area contributed by atoms with Crippen molar-refractivity contribution in [3.8, 4) is 11.5 Å².